The quantitative estimate of drug-likeness (QED) is 0.707. The molecule has 1 fully saturated rings. The zero-order valence-corrected chi connectivity index (χ0v) is 11.1. The van der Waals surface area contributed by atoms with E-state index in [0.29, 0.717) is 5.78 Å². The molecule has 1 heterocycles. The molecule has 1 aromatic carbocycles. The summed E-state index contributed by atoms with van der Waals surface area (Å²) in [5.74, 6) is 0.315. The Kier molecular flexibility index (Phi) is 3.04. The molecule has 0 radical (unpaired) electrons. The molecule has 0 spiro atoms. The van der Waals surface area contributed by atoms with Gasteiger partial charge in [0, 0.05) is 5.56 Å². The van der Waals surface area contributed by atoms with Gasteiger partial charge in [-0.15, -0.1) is 12.4 Å². The number of fused-ring (bicyclic) bond motifs is 4. The Morgan fingerprint density at radius 2 is 2.06 bits per heavy atom. The number of likely N-dealkylation sites (tertiary alicyclic amines) is 1. The van der Waals surface area contributed by atoms with Crippen LogP contribution in [-0.4, -0.2) is 30.3 Å². The van der Waals surface area contributed by atoms with E-state index in [4.69, 9.17) is 0 Å². The highest BCUT2D eigenvalue weighted by molar-refractivity contribution is 6.03. The first kappa shape index (κ1) is 12.6. The molecule has 3 rings (SSSR count). The lowest BCUT2D eigenvalue weighted by molar-refractivity contribution is 0.0652. The monoisotopic (exact) mass is 251 g/mol. The third-order valence-corrected chi connectivity index (χ3v) is 4.34. The number of hydrogen-bond acceptors (Lipinski definition) is 2. The number of ketones is 1. The van der Waals surface area contributed by atoms with Crippen LogP contribution in [0, 0.1) is 0 Å². The predicted octanol–water partition coefficient (Wildman–Crippen LogP) is 2.66. The van der Waals surface area contributed by atoms with E-state index in [1.54, 1.807) is 0 Å². The molecular formula is C14H18ClNO. The number of rotatable bonds is 0. The average molecular weight is 252 g/mol. The first-order valence-corrected chi connectivity index (χ1v) is 5.96. The van der Waals surface area contributed by atoms with Gasteiger partial charge in [0.1, 0.15) is 0 Å². The molecule has 1 aliphatic carbocycles. The van der Waals surface area contributed by atoms with Gasteiger partial charge in [0.2, 0.25) is 0 Å². The second-order valence-electron chi connectivity index (χ2n) is 5.42. The average Bonchev–Trinajstić information content (AvgIpc) is 2.31. The van der Waals surface area contributed by atoms with Gasteiger partial charge in [0.05, 0.1) is 6.04 Å². The normalized spacial score (nSPS) is 31.6. The fourth-order valence-corrected chi connectivity index (χ4v) is 3.20. The second-order valence-corrected chi connectivity index (χ2v) is 5.42. The lowest BCUT2D eigenvalue weighted by atomic mass is 9.65. The van der Waals surface area contributed by atoms with Gasteiger partial charge in [-0.2, -0.15) is 0 Å². The molecule has 2 bridgehead atoms. The Hall–Kier alpha value is -0.860. The van der Waals surface area contributed by atoms with Crippen LogP contribution >= 0.6 is 12.4 Å². The molecular weight excluding hydrogens is 234 g/mol. The Morgan fingerprint density at radius 1 is 1.35 bits per heavy atom. The van der Waals surface area contributed by atoms with E-state index in [2.05, 4.69) is 31.0 Å². The van der Waals surface area contributed by atoms with Gasteiger partial charge >= 0.3 is 0 Å². The van der Waals surface area contributed by atoms with Crippen molar-refractivity contribution in [3.8, 4) is 0 Å². The first-order valence-electron chi connectivity index (χ1n) is 5.96. The number of likely N-dealkylation sites (N-methyl/N-ethyl adjacent to an activating group) is 1. The van der Waals surface area contributed by atoms with Crippen LogP contribution < -0.4 is 0 Å². The molecule has 2 aliphatic rings. The van der Waals surface area contributed by atoms with E-state index in [-0.39, 0.29) is 23.9 Å². The predicted molar refractivity (Wildman–Crippen MR) is 71.0 cm³/mol. The fraction of sp³-hybridized carbons (Fsp3) is 0.500. The standard InChI is InChI=1S/C14H17NO.ClH/c1-14-7-8-15(2)12(9-14)13(16)10-5-3-4-6-11(10)14;/h3-6,12H,7-9H2,1-2H3;1H. The summed E-state index contributed by atoms with van der Waals surface area (Å²) in [5, 5.41) is 0. The van der Waals surface area contributed by atoms with E-state index >= 15 is 0 Å². The van der Waals surface area contributed by atoms with Crippen LogP contribution in [0.5, 0.6) is 0 Å². The van der Waals surface area contributed by atoms with E-state index in [1.165, 1.54) is 5.56 Å². The van der Waals surface area contributed by atoms with Crippen molar-refractivity contribution >= 4 is 18.2 Å². The third kappa shape index (κ3) is 1.71. The smallest absolute Gasteiger partial charge is 0.180 e. The van der Waals surface area contributed by atoms with Crippen molar-refractivity contribution in [2.24, 2.45) is 0 Å². The summed E-state index contributed by atoms with van der Waals surface area (Å²) < 4.78 is 0. The van der Waals surface area contributed by atoms with Crippen LogP contribution in [-0.2, 0) is 5.41 Å². The Morgan fingerprint density at radius 3 is 2.82 bits per heavy atom. The topological polar surface area (TPSA) is 20.3 Å². The molecule has 17 heavy (non-hydrogen) atoms. The molecule has 3 heteroatoms. The number of carbonyl (C=O) groups excluding carboxylic acids is 1. The van der Waals surface area contributed by atoms with Crippen LogP contribution in [0.4, 0.5) is 0 Å². The summed E-state index contributed by atoms with van der Waals surface area (Å²) in [7, 11) is 2.07. The molecule has 92 valence electrons. The van der Waals surface area contributed by atoms with Gasteiger partial charge in [0.15, 0.2) is 5.78 Å². The van der Waals surface area contributed by atoms with E-state index in [0.717, 1.165) is 24.9 Å². The van der Waals surface area contributed by atoms with Crippen LogP contribution in [0.15, 0.2) is 24.3 Å². The van der Waals surface area contributed by atoms with Crippen molar-refractivity contribution in [3.63, 3.8) is 0 Å². The molecule has 0 saturated carbocycles. The summed E-state index contributed by atoms with van der Waals surface area (Å²) in [4.78, 5) is 14.5. The maximum Gasteiger partial charge on any atom is 0.180 e. The zero-order chi connectivity index (χ0) is 11.3. The maximum absolute atomic E-state index is 12.3. The second kappa shape index (κ2) is 4.11. The van der Waals surface area contributed by atoms with Crippen LogP contribution in [0.2, 0.25) is 0 Å². The van der Waals surface area contributed by atoms with Crippen molar-refractivity contribution in [2.45, 2.75) is 31.2 Å². The molecule has 2 unspecified atom stereocenters. The lowest BCUT2D eigenvalue weighted by Crippen LogP contribution is -2.53. The van der Waals surface area contributed by atoms with E-state index in [9.17, 15) is 4.79 Å². The lowest BCUT2D eigenvalue weighted by Gasteiger charge is -2.47. The van der Waals surface area contributed by atoms with Gasteiger partial charge < -0.3 is 0 Å². The summed E-state index contributed by atoms with van der Waals surface area (Å²) in [6.07, 6.45) is 2.14. The van der Waals surface area contributed by atoms with Crippen LogP contribution in [0.3, 0.4) is 0 Å². The first-order chi connectivity index (χ1) is 7.62. The molecule has 2 nitrogen and oxygen atoms in total. The van der Waals surface area contributed by atoms with Crippen molar-refractivity contribution in [2.75, 3.05) is 13.6 Å². The number of hydrogen-bond donors (Lipinski definition) is 0. The Labute approximate surface area is 108 Å². The summed E-state index contributed by atoms with van der Waals surface area (Å²) in [5.41, 5.74) is 2.43. The number of Topliss-reactive ketones (excluding diaryl/α,β-unsaturated/α-hetero) is 1. The Balaban J connectivity index is 0.00000108. The number of halogens is 1. The number of piperidine rings is 1. The third-order valence-electron chi connectivity index (χ3n) is 4.34. The highest BCUT2D eigenvalue weighted by Crippen LogP contribution is 2.43. The van der Waals surface area contributed by atoms with Crippen molar-refractivity contribution in [3.05, 3.63) is 35.4 Å². The van der Waals surface area contributed by atoms with Crippen LogP contribution in [0.25, 0.3) is 0 Å². The number of nitrogens with zero attached hydrogens (tertiary/aromatic N) is 1. The van der Waals surface area contributed by atoms with E-state index in [1.807, 2.05) is 12.1 Å². The molecule has 0 amide bonds. The van der Waals surface area contributed by atoms with Crippen LogP contribution in [0.1, 0.15) is 35.7 Å². The van der Waals surface area contributed by atoms with Crippen molar-refractivity contribution < 1.29 is 4.79 Å². The minimum Gasteiger partial charge on any atom is -0.296 e. The minimum atomic E-state index is 0. The molecule has 2 atom stereocenters. The largest absolute Gasteiger partial charge is 0.296 e. The summed E-state index contributed by atoms with van der Waals surface area (Å²) in [6.45, 7) is 3.33. The molecule has 0 N–H and O–H groups in total. The molecule has 1 aromatic rings. The number of carbonyl (C=O) groups is 1. The van der Waals surface area contributed by atoms with Crippen molar-refractivity contribution in [1.29, 1.82) is 0 Å². The van der Waals surface area contributed by atoms with Gasteiger partial charge in [-0.3, -0.25) is 9.69 Å². The molecule has 1 aliphatic heterocycles. The summed E-state index contributed by atoms with van der Waals surface area (Å²) >= 11 is 0. The van der Waals surface area contributed by atoms with Gasteiger partial charge in [-0.05, 0) is 37.4 Å². The fourth-order valence-electron chi connectivity index (χ4n) is 3.20. The summed E-state index contributed by atoms with van der Waals surface area (Å²) in [6, 6.07) is 8.25. The van der Waals surface area contributed by atoms with Gasteiger partial charge in [-0.1, -0.05) is 31.2 Å². The number of benzene rings is 1. The SMILES string of the molecule is CN1CCC2(C)CC1C(=O)c1ccccc12.Cl. The minimum absolute atomic E-state index is 0. The van der Waals surface area contributed by atoms with Crippen molar-refractivity contribution in [1.82, 2.24) is 4.90 Å². The Bertz CT molecular complexity index is 459. The highest BCUT2D eigenvalue weighted by Gasteiger charge is 2.45. The molecule has 1 saturated heterocycles. The highest BCUT2D eigenvalue weighted by atomic mass is 35.5. The van der Waals surface area contributed by atoms with Gasteiger partial charge in [-0.25, -0.2) is 0 Å². The maximum atomic E-state index is 12.3. The van der Waals surface area contributed by atoms with Gasteiger partial charge in [0.25, 0.3) is 0 Å². The van der Waals surface area contributed by atoms with E-state index < -0.39 is 0 Å². The molecule has 0 aromatic heterocycles. The zero-order valence-electron chi connectivity index (χ0n) is 10.3.